The lowest BCUT2D eigenvalue weighted by molar-refractivity contribution is 0.318. The molecule has 3 aromatic carbocycles. The van der Waals surface area contributed by atoms with Crippen molar-refractivity contribution in [1.82, 2.24) is 19.3 Å². The first-order chi connectivity index (χ1) is 19.1. The topological polar surface area (TPSA) is 82.2 Å². The Morgan fingerprint density at radius 1 is 0.846 bits per heavy atom. The molecule has 39 heavy (non-hydrogen) atoms. The molecule has 0 amide bonds. The van der Waals surface area contributed by atoms with Crippen molar-refractivity contribution in [3.63, 3.8) is 0 Å². The average molecular weight is 536 g/mol. The lowest BCUT2D eigenvalue weighted by Gasteiger charge is -2.32. The fourth-order valence-corrected chi connectivity index (χ4v) is 6.89. The van der Waals surface area contributed by atoms with E-state index in [4.69, 9.17) is 0 Å². The van der Waals surface area contributed by atoms with E-state index in [9.17, 15) is 8.42 Å². The molecule has 0 aliphatic carbocycles. The van der Waals surface area contributed by atoms with Gasteiger partial charge in [0.1, 0.15) is 0 Å². The van der Waals surface area contributed by atoms with Gasteiger partial charge in [0.25, 0.3) is 0 Å². The number of rotatable bonds is 7. The molecule has 0 saturated heterocycles. The Labute approximate surface area is 228 Å². The van der Waals surface area contributed by atoms with Gasteiger partial charge in [0.15, 0.2) is 0 Å². The van der Waals surface area contributed by atoms with Gasteiger partial charge in [-0.15, -0.1) is 0 Å². The van der Waals surface area contributed by atoms with E-state index in [0.717, 1.165) is 33.6 Å². The van der Waals surface area contributed by atoms with Crippen LogP contribution in [-0.2, 0) is 29.5 Å². The maximum Gasteiger partial charge on any atom is 0.243 e. The SMILES string of the molecule is O=S(=O)(c1ccccc1)N1Cc2cc(-c3ccncc3)ccc2N(Cc2cnc[nH]2)C[C@H]1Cc1ccccc1. The van der Waals surface area contributed by atoms with E-state index in [2.05, 4.69) is 50.2 Å². The molecule has 0 unspecified atom stereocenters. The highest BCUT2D eigenvalue weighted by molar-refractivity contribution is 7.89. The monoisotopic (exact) mass is 535 g/mol. The highest BCUT2D eigenvalue weighted by atomic mass is 32.2. The van der Waals surface area contributed by atoms with Gasteiger partial charge in [0, 0.05) is 43.4 Å². The summed E-state index contributed by atoms with van der Waals surface area (Å²) < 4.78 is 30.1. The zero-order valence-electron chi connectivity index (χ0n) is 21.4. The summed E-state index contributed by atoms with van der Waals surface area (Å²) in [5, 5.41) is 0. The van der Waals surface area contributed by atoms with Crippen molar-refractivity contribution < 1.29 is 8.42 Å². The van der Waals surface area contributed by atoms with Gasteiger partial charge in [0.2, 0.25) is 10.0 Å². The smallest absolute Gasteiger partial charge is 0.243 e. The maximum absolute atomic E-state index is 14.2. The molecule has 0 saturated carbocycles. The Balaban J connectivity index is 1.48. The summed E-state index contributed by atoms with van der Waals surface area (Å²) in [6.45, 7) is 1.39. The van der Waals surface area contributed by atoms with Gasteiger partial charge < -0.3 is 9.88 Å². The normalized spacial score (nSPS) is 16.0. The standard InChI is InChI=1S/C31H29N5O2S/c37-39(38,30-9-5-2-6-10-30)36-20-27-18-26(25-13-15-32-16-14-25)11-12-31(27)35(21-28-19-33-23-34-28)22-29(36)17-24-7-3-1-4-8-24/h1-16,18-19,23,29H,17,20-22H2,(H,33,34)/t29-/m1/s1. The van der Waals surface area contributed by atoms with Crippen LogP contribution in [0.25, 0.3) is 11.1 Å². The van der Waals surface area contributed by atoms with Crippen LogP contribution in [0.5, 0.6) is 0 Å². The Kier molecular flexibility index (Phi) is 6.96. The third kappa shape index (κ3) is 5.34. The average Bonchev–Trinajstić information content (AvgIpc) is 3.44. The van der Waals surface area contributed by atoms with Crippen LogP contribution in [0.4, 0.5) is 5.69 Å². The second kappa shape index (κ2) is 10.8. The Bertz CT molecular complexity index is 1630. The molecule has 3 heterocycles. The van der Waals surface area contributed by atoms with E-state index in [1.54, 1.807) is 47.3 Å². The van der Waals surface area contributed by atoms with Crippen molar-refractivity contribution >= 4 is 15.7 Å². The fourth-order valence-electron chi connectivity index (χ4n) is 5.27. The molecule has 0 bridgehead atoms. The van der Waals surface area contributed by atoms with Crippen LogP contribution >= 0.6 is 0 Å². The van der Waals surface area contributed by atoms with E-state index in [0.29, 0.717) is 24.4 Å². The lowest BCUT2D eigenvalue weighted by atomic mass is 10.0. The molecule has 6 rings (SSSR count). The minimum atomic E-state index is -3.78. The zero-order valence-corrected chi connectivity index (χ0v) is 22.2. The van der Waals surface area contributed by atoms with Gasteiger partial charge in [-0.2, -0.15) is 4.31 Å². The molecule has 8 heteroatoms. The third-order valence-corrected chi connectivity index (χ3v) is 9.09. The Morgan fingerprint density at radius 3 is 2.31 bits per heavy atom. The third-order valence-electron chi connectivity index (χ3n) is 7.18. The number of nitrogens with one attached hydrogen (secondary N) is 1. The Morgan fingerprint density at radius 2 is 1.59 bits per heavy atom. The maximum atomic E-state index is 14.2. The van der Waals surface area contributed by atoms with Crippen molar-refractivity contribution in [1.29, 1.82) is 0 Å². The lowest BCUT2D eigenvalue weighted by Crippen LogP contribution is -2.45. The number of H-pyrrole nitrogens is 1. The second-order valence-electron chi connectivity index (χ2n) is 9.74. The number of anilines is 1. The summed E-state index contributed by atoms with van der Waals surface area (Å²) >= 11 is 0. The molecule has 196 valence electrons. The minimum absolute atomic E-state index is 0.266. The van der Waals surface area contributed by atoms with Gasteiger partial charge >= 0.3 is 0 Å². The molecular formula is C31H29N5O2S. The molecule has 2 aromatic heterocycles. The predicted molar refractivity (Wildman–Crippen MR) is 152 cm³/mol. The summed E-state index contributed by atoms with van der Waals surface area (Å²) in [5.74, 6) is 0. The van der Waals surface area contributed by atoms with Crippen LogP contribution < -0.4 is 4.90 Å². The molecule has 5 aromatic rings. The first-order valence-corrected chi connectivity index (χ1v) is 14.4. The largest absolute Gasteiger partial charge is 0.364 e. The minimum Gasteiger partial charge on any atom is -0.364 e. The first kappa shape index (κ1) is 25.0. The van der Waals surface area contributed by atoms with Crippen molar-refractivity contribution in [2.45, 2.75) is 30.4 Å². The summed E-state index contributed by atoms with van der Waals surface area (Å²) in [5.41, 5.74) is 6.11. The molecular weight excluding hydrogens is 506 g/mol. The molecule has 7 nitrogen and oxygen atoms in total. The highest BCUT2D eigenvalue weighted by Crippen LogP contribution is 2.35. The number of pyridine rings is 1. The number of aromatic amines is 1. The van der Waals surface area contributed by atoms with Gasteiger partial charge in [-0.05, 0) is 65.1 Å². The summed E-state index contributed by atoms with van der Waals surface area (Å²) in [7, 11) is -3.78. The molecule has 0 spiro atoms. The first-order valence-electron chi connectivity index (χ1n) is 12.9. The molecule has 0 radical (unpaired) electrons. The number of hydrogen-bond donors (Lipinski definition) is 1. The summed E-state index contributed by atoms with van der Waals surface area (Å²) in [6.07, 6.45) is 7.63. The van der Waals surface area contributed by atoms with Crippen molar-refractivity contribution in [3.05, 3.63) is 133 Å². The fraction of sp³-hybridized carbons (Fsp3) is 0.161. The van der Waals surface area contributed by atoms with E-state index < -0.39 is 10.0 Å². The molecule has 1 aliphatic rings. The van der Waals surface area contributed by atoms with Crippen molar-refractivity contribution in [2.75, 3.05) is 11.4 Å². The molecule has 0 fully saturated rings. The van der Waals surface area contributed by atoms with Crippen LogP contribution in [0.1, 0.15) is 16.8 Å². The highest BCUT2D eigenvalue weighted by Gasteiger charge is 2.36. The molecule has 1 N–H and O–H groups in total. The predicted octanol–water partition coefficient (Wildman–Crippen LogP) is 5.29. The van der Waals surface area contributed by atoms with Gasteiger partial charge in [0.05, 0.1) is 23.5 Å². The Hall–Kier alpha value is -4.27. The van der Waals surface area contributed by atoms with E-state index in [1.165, 1.54) is 0 Å². The van der Waals surface area contributed by atoms with Crippen molar-refractivity contribution in [2.24, 2.45) is 0 Å². The summed E-state index contributed by atoms with van der Waals surface area (Å²) in [4.78, 5) is 14.1. The summed E-state index contributed by atoms with van der Waals surface area (Å²) in [6, 6.07) is 28.8. The van der Waals surface area contributed by atoms with Crippen LogP contribution in [0.2, 0.25) is 0 Å². The van der Waals surface area contributed by atoms with Crippen LogP contribution in [0.15, 0.2) is 121 Å². The van der Waals surface area contributed by atoms with E-state index in [-0.39, 0.29) is 12.6 Å². The van der Waals surface area contributed by atoms with E-state index >= 15 is 0 Å². The number of fused-ring (bicyclic) bond motifs is 1. The van der Waals surface area contributed by atoms with Gasteiger partial charge in [-0.3, -0.25) is 4.98 Å². The van der Waals surface area contributed by atoms with E-state index in [1.807, 2.05) is 42.6 Å². The number of imidazole rings is 1. The molecule has 1 aliphatic heterocycles. The van der Waals surface area contributed by atoms with Crippen LogP contribution in [0, 0.1) is 0 Å². The second-order valence-corrected chi connectivity index (χ2v) is 11.6. The number of aromatic nitrogens is 3. The number of sulfonamides is 1. The van der Waals surface area contributed by atoms with Gasteiger partial charge in [-0.25, -0.2) is 13.4 Å². The van der Waals surface area contributed by atoms with Crippen molar-refractivity contribution in [3.8, 4) is 11.1 Å². The van der Waals surface area contributed by atoms with Crippen LogP contribution in [-0.4, -0.2) is 40.3 Å². The molecule has 1 atom stereocenters. The van der Waals surface area contributed by atoms with Gasteiger partial charge in [-0.1, -0.05) is 54.6 Å². The zero-order chi connectivity index (χ0) is 26.7. The number of nitrogens with zero attached hydrogens (tertiary/aromatic N) is 4. The number of hydrogen-bond acceptors (Lipinski definition) is 5. The quantitative estimate of drug-likeness (QED) is 0.306. The number of benzene rings is 3. The van der Waals surface area contributed by atoms with Crippen LogP contribution in [0.3, 0.4) is 0 Å².